The molecular formula is C22H22F3N7O2. The summed E-state index contributed by atoms with van der Waals surface area (Å²) in [6, 6.07) is 8.01. The number of nitrogens with zero attached hydrogens (tertiary/aromatic N) is 6. The second-order valence-electron chi connectivity index (χ2n) is 8.11. The van der Waals surface area contributed by atoms with Crippen LogP contribution in [0.2, 0.25) is 0 Å². The number of aliphatic hydroxyl groups excluding tert-OH is 1. The minimum atomic E-state index is -4.77. The molecule has 2 N–H and O–H groups in total. The third kappa shape index (κ3) is 4.49. The maximum atomic E-state index is 12.7. The zero-order valence-electron chi connectivity index (χ0n) is 18.2. The van der Waals surface area contributed by atoms with Gasteiger partial charge in [-0.3, -0.25) is 0 Å². The first-order chi connectivity index (χ1) is 16.3. The fraction of sp³-hybridized carbons (Fsp3) is 0.318. The Morgan fingerprint density at radius 3 is 2.91 bits per heavy atom. The van der Waals surface area contributed by atoms with Crippen molar-refractivity contribution in [2.45, 2.75) is 32.2 Å². The van der Waals surface area contributed by atoms with Gasteiger partial charge in [0.05, 0.1) is 24.5 Å². The van der Waals surface area contributed by atoms with Crippen molar-refractivity contribution in [3.05, 3.63) is 54.6 Å². The molecule has 0 aliphatic carbocycles. The van der Waals surface area contributed by atoms with Crippen LogP contribution in [0, 0.1) is 6.92 Å². The number of rotatable bonds is 6. The van der Waals surface area contributed by atoms with Crippen molar-refractivity contribution in [2.75, 3.05) is 23.4 Å². The molecular weight excluding hydrogens is 451 g/mol. The summed E-state index contributed by atoms with van der Waals surface area (Å²) in [5.41, 5.74) is 1.81. The summed E-state index contributed by atoms with van der Waals surface area (Å²) in [6.45, 7) is 2.46. The van der Waals surface area contributed by atoms with Gasteiger partial charge in [-0.2, -0.15) is 4.98 Å². The van der Waals surface area contributed by atoms with Gasteiger partial charge in [0.1, 0.15) is 23.4 Å². The second-order valence-corrected chi connectivity index (χ2v) is 8.11. The molecule has 12 heteroatoms. The van der Waals surface area contributed by atoms with Crippen LogP contribution < -0.4 is 15.0 Å². The van der Waals surface area contributed by atoms with Gasteiger partial charge in [-0.25, -0.2) is 9.50 Å². The highest BCUT2D eigenvalue weighted by Gasteiger charge is 2.31. The number of aromatic nitrogens is 5. The molecule has 5 rings (SSSR count). The van der Waals surface area contributed by atoms with Crippen molar-refractivity contribution in [3.63, 3.8) is 0 Å². The third-order valence-electron chi connectivity index (χ3n) is 5.62. The molecule has 3 aromatic heterocycles. The number of benzene rings is 1. The molecule has 0 radical (unpaired) electrons. The van der Waals surface area contributed by atoms with E-state index in [1.54, 1.807) is 28.3 Å². The van der Waals surface area contributed by atoms with E-state index in [1.807, 2.05) is 23.2 Å². The highest BCUT2D eigenvalue weighted by molar-refractivity contribution is 5.73. The fourth-order valence-electron chi connectivity index (χ4n) is 4.15. The van der Waals surface area contributed by atoms with E-state index in [-0.39, 0.29) is 18.4 Å². The van der Waals surface area contributed by atoms with Gasteiger partial charge in [-0.1, -0.05) is 0 Å². The molecule has 1 atom stereocenters. The molecule has 34 heavy (non-hydrogen) atoms. The molecule has 1 aromatic carbocycles. The Kier molecular flexibility index (Phi) is 5.52. The number of imidazole rings is 1. The summed E-state index contributed by atoms with van der Waals surface area (Å²) in [5, 5.41) is 17.4. The van der Waals surface area contributed by atoms with Gasteiger partial charge in [0, 0.05) is 18.8 Å². The van der Waals surface area contributed by atoms with E-state index < -0.39 is 6.36 Å². The van der Waals surface area contributed by atoms with Gasteiger partial charge in [0.2, 0.25) is 5.95 Å². The molecule has 4 heterocycles. The summed E-state index contributed by atoms with van der Waals surface area (Å²) >= 11 is 0. The predicted octanol–water partition coefficient (Wildman–Crippen LogP) is 3.83. The molecule has 1 saturated heterocycles. The van der Waals surface area contributed by atoms with Crippen LogP contribution in [0.15, 0.2) is 49.1 Å². The minimum absolute atomic E-state index is 0.0246. The number of aryl methyl sites for hydroxylation is 1. The number of nitrogens with one attached hydrogen (secondary N) is 1. The lowest BCUT2D eigenvalue weighted by Gasteiger charge is -2.23. The Hall–Kier alpha value is -3.80. The van der Waals surface area contributed by atoms with E-state index in [4.69, 9.17) is 0 Å². The Bertz CT molecular complexity index is 1320. The topological polar surface area (TPSA) is 92.7 Å². The summed E-state index contributed by atoms with van der Waals surface area (Å²) in [5.74, 6) is 1.17. The Morgan fingerprint density at radius 2 is 2.12 bits per heavy atom. The summed E-state index contributed by atoms with van der Waals surface area (Å²) in [4.78, 5) is 11.0. The van der Waals surface area contributed by atoms with Crippen molar-refractivity contribution >= 4 is 23.1 Å². The molecule has 0 spiro atoms. The van der Waals surface area contributed by atoms with Gasteiger partial charge >= 0.3 is 6.36 Å². The fourth-order valence-corrected chi connectivity index (χ4v) is 4.15. The first kappa shape index (κ1) is 22.0. The average Bonchev–Trinajstić information content (AvgIpc) is 3.52. The van der Waals surface area contributed by atoms with Gasteiger partial charge < -0.3 is 24.6 Å². The first-order valence-corrected chi connectivity index (χ1v) is 10.7. The Morgan fingerprint density at radius 1 is 1.26 bits per heavy atom. The van der Waals surface area contributed by atoms with E-state index in [0.717, 1.165) is 24.9 Å². The van der Waals surface area contributed by atoms with E-state index in [9.17, 15) is 18.3 Å². The monoisotopic (exact) mass is 473 g/mol. The highest BCUT2D eigenvalue weighted by Crippen LogP contribution is 2.29. The number of hydrogen-bond donors (Lipinski definition) is 2. The quantitative estimate of drug-likeness (QED) is 0.440. The van der Waals surface area contributed by atoms with Crippen LogP contribution in [0.25, 0.3) is 11.2 Å². The van der Waals surface area contributed by atoms with E-state index in [2.05, 4.69) is 25.1 Å². The number of halogens is 3. The molecule has 0 bridgehead atoms. The molecule has 1 fully saturated rings. The standard InChI is InChI=1S/C22H22F3N7O2/c1-14-8-16(10-17(9-14)34-22(23,24)25)30-11-19(26-13-30)27-20-18-5-3-7-32(18)29-21(28-20)31-6-2-4-15(31)12-33/h3,5,7-11,13,15,33H,2,4,6,12H2,1H3,(H,27,28,29). The van der Waals surface area contributed by atoms with Gasteiger partial charge in [0.25, 0.3) is 0 Å². The van der Waals surface area contributed by atoms with Crippen LogP contribution >= 0.6 is 0 Å². The van der Waals surface area contributed by atoms with Crippen molar-refractivity contribution in [3.8, 4) is 11.4 Å². The average molecular weight is 473 g/mol. The zero-order chi connectivity index (χ0) is 23.9. The normalized spacial score (nSPS) is 16.4. The summed E-state index contributed by atoms with van der Waals surface area (Å²) in [6.07, 6.45) is 2.00. The number of hydrogen-bond acceptors (Lipinski definition) is 7. The summed E-state index contributed by atoms with van der Waals surface area (Å²) in [7, 11) is 0. The largest absolute Gasteiger partial charge is 0.573 e. The van der Waals surface area contributed by atoms with Crippen LogP contribution in [0.1, 0.15) is 18.4 Å². The van der Waals surface area contributed by atoms with E-state index >= 15 is 0 Å². The van der Waals surface area contributed by atoms with E-state index in [0.29, 0.717) is 28.8 Å². The van der Waals surface area contributed by atoms with Crippen molar-refractivity contribution < 1.29 is 23.0 Å². The molecule has 1 unspecified atom stereocenters. The molecule has 1 aliphatic heterocycles. The van der Waals surface area contributed by atoms with E-state index in [1.165, 1.54) is 18.5 Å². The van der Waals surface area contributed by atoms with Gasteiger partial charge in [-0.05, 0) is 49.6 Å². The lowest BCUT2D eigenvalue weighted by atomic mass is 10.2. The van der Waals surface area contributed by atoms with Crippen molar-refractivity contribution in [1.29, 1.82) is 0 Å². The predicted molar refractivity (Wildman–Crippen MR) is 119 cm³/mol. The number of ether oxygens (including phenoxy) is 1. The molecule has 9 nitrogen and oxygen atoms in total. The van der Waals surface area contributed by atoms with Crippen molar-refractivity contribution in [1.82, 2.24) is 24.1 Å². The van der Waals surface area contributed by atoms with Crippen LogP contribution in [-0.2, 0) is 0 Å². The van der Waals surface area contributed by atoms with Crippen LogP contribution in [-0.4, -0.2) is 54.8 Å². The molecule has 0 amide bonds. The molecule has 0 saturated carbocycles. The van der Waals surface area contributed by atoms with Crippen LogP contribution in [0.5, 0.6) is 5.75 Å². The van der Waals surface area contributed by atoms with Crippen LogP contribution in [0.3, 0.4) is 0 Å². The molecule has 178 valence electrons. The SMILES string of the molecule is Cc1cc(OC(F)(F)F)cc(-n2cnc(Nc3nc(N4CCCC4CO)nn4cccc34)c2)c1. The van der Waals surface area contributed by atoms with Gasteiger partial charge in [-0.15, -0.1) is 18.3 Å². The Labute approximate surface area is 192 Å². The smallest absolute Gasteiger partial charge is 0.406 e. The number of fused-ring (bicyclic) bond motifs is 1. The first-order valence-electron chi connectivity index (χ1n) is 10.7. The molecule has 1 aliphatic rings. The summed E-state index contributed by atoms with van der Waals surface area (Å²) < 4.78 is 45.4. The maximum Gasteiger partial charge on any atom is 0.573 e. The zero-order valence-corrected chi connectivity index (χ0v) is 18.2. The maximum absolute atomic E-state index is 12.7. The lowest BCUT2D eigenvalue weighted by Crippen LogP contribution is -2.34. The van der Waals surface area contributed by atoms with Crippen LogP contribution in [0.4, 0.5) is 30.8 Å². The second kappa shape index (κ2) is 8.52. The highest BCUT2D eigenvalue weighted by atomic mass is 19.4. The number of alkyl halides is 3. The van der Waals surface area contributed by atoms with Gasteiger partial charge in [0.15, 0.2) is 5.82 Å². The van der Waals surface area contributed by atoms with Crippen molar-refractivity contribution in [2.24, 2.45) is 0 Å². The minimum Gasteiger partial charge on any atom is -0.406 e. The lowest BCUT2D eigenvalue weighted by molar-refractivity contribution is -0.274. The number of aliphatic hydroxyl groups is 1. The number of anilines is 3. The molecule has 4 aromatic rings. The Balaban J connectivity index is 1.44. The third-order valence-corrected chi connectivity index (χ3v) is 5.62.